The van der Waals surface area contributed by atoms with Crippen LogP contribution < -0.4 is 0 Å². The predicted octanol–water partition coefficient (Wildman–Crippen LogP) is 7.62. The molecular weight excluding hydrogens is 354 g/mol. The van der Waals surface area contributed by atoms with Gasteiger partial charge < -0.3 is 4.90 Å². The van der Waals surface area contributed by atoms with E-state index in [9.17, 15) is 0 Å². The van der Waals surface area contributed by atoms with E-state index < -0.39 is 0 Å². The molecule has 0 radical (unpaired) electrons. The Morgan fingerprint density at radius 2 is 0.769 bits per heavy atom. The molecule has 0 aromatic carbocycles. The van der Waals surface area contributed by atoms with E-state index in [0.717, 1.165) is 13.1 Å². The van der Waals surface area contributed by atoms with Crippen molar-refractivity contribution >= 4 is 16.1 Å². The summed E-state index contributed by atoms with van der Waals surface area (Å²) in [4.78, 5) is 2.59. The van der Waals surface area contributed by atoms with Gasteiger partial charge in [-0.1, -0.05) is 96.9 Å². The number of hydrogen-bond donors (Lipinski definition) is 0. The molecule has 4 heteroatoms. The van der Waals surface area contributed by atoms with Crippen LogP contribution in [0.25, 0.3) is 0 Å². The molecule has 0 saturated carbocycles. The van der Waals surface area contributed by atoms with Crippen LogP contribution in [-0.2, 0) is 0 Å². The smallest absolute Gasteiger partial charge is 0.0191 e. The Labute approximate surface area is 169 Å². The van der Waals surface area contributed by atoms with Crippen LogP contribution in [0.2, 0.25) is 0 Å². The lowest BCUT2D eigenvalue weighted by molar-refractivity contribution is 0.295. The first kappa shape index (κ1) is 26.8. The molecule has 0 aromatic heterocycles. The van der Waals surface area contributed by atoms with Gasteiger partial charge in [0.1, 0.15) is 0 Å². The summed E-state index contributed by atoms with van der Waals surface area (Å²) in [7, 11) is -0.559. The third-order valence-corrected chi connectivity index (χ3v) is 12.0. The molecule has 2 nitrogen and oxygen atoms in total. The van der Waals surface area contributed by atoms with Crippen molar-refractivity contribution < 1.29 is 0 Å². The van der Waals surface area contributed by atoms with Crippen LogP contribution in [0.5, 0.6) is 0 Å². The Kier molecular flexibility index (Phi) is 9.80. The second-order valence-corrected chi connectivity index (χ2v) is 19.3. The van der Waals surface area contributed by atoms with Crippen molar-refractivity contribution in [3.63, 3.8) is 0 Å². The van der Waals surface area contributed by atoms with E-state index in [4.69, 9.17) is 0 Å². The highest BCUT2D eigenvalue weighted by molar-refractivity contribution is 7.73. The highest BCUT2D eigenvalue weighted by Gasteiger charge is 2.48. The molecule has 26 heavy (non-hydrogen) atoms. The summed E-state index contributed by atoms with van der Waals surface area (Å²) in [6, 6.07) is 0. The lowest BCUT2D eigenvalue weighted by Crippen LogP contribution is -2.43. The number of likely N-dealkylation sites (N-methyl/N-ethyl adjacent to an activating group) is 1. The van der Waals surface area contributed by atoms with Gasteiger partial charge in [-0.25, -0.2) is 0 Å². The predicted molar refractivity (Wildman–Crippen MR) is 127 cm³/mol. The van der Waals surface area contributed by atoms with Gasteiger partial charge in [0.25, 0.3) is 0 Å². The van der Waals surface area contributed by atoms with E-state index in [2.05, 4.69) is 106 Å². The minimum absolute atomic E-state index is 0.279. The van der Waals surface area contributed by atoms with Gasteiger partial charge in [0.2, 0.25) is 0 Å². The fraction of sp³-hybridized carbons (Fsp3) is 1.00. The molecular formula is C22H50N2P2. The minimum atomic E-state index is -0.279. The van der Waals surface area contributed by atoms with E-state index in [1.807, 2.05) is 0 Å². The normalized spacial score (nSPS) is 15.0. The summed E-state index contributed by atoms with van der Waals surface area (Å²) in [5.41, 5.74) is 0. The van der Waals surface area contributed by atoms with E-state index in [1.54, 1.807) is 0 Å². The Balaban J connectivity index is 6.23. The summed E-state index contributed by atoms with van der Waals surface area (Å²) >= 11 is 0. The molecule has 0 N–H and O–H groups in total. The quantitative estimate of drug-likeness (QED) is 0.403. The van der Waals surface area contributed by atoms with Crippen LogP contribution in [0, 0.1) is 0 Å². The van der Waals surface area contributed by atoms with Crippen molar-refractivity contribution in [2.45, 2.75) is 118 Å². The van der Waals surface area contributed by atoms with E-state index in [-0.39, 0.29) is 16.1 Å². The van der Waals surface area contributed by atoms with E-state index in [0.29, 0.717) is 20.6 Å². The SMILES string of the molecule is CCN(CC)CCN(P(C(C)(C)C)C(C)(C)C)P(C(C)(C)C)C(C)(C)C. The van der Waals surface area contributed by atoms with E-state index >= 15 is 0 Å². The first-order valence-corrected chi connectivity index (χ1v) is 13.1. The summed E-state index contributed by atoms with van der Waals surface area (Å²) in [6.07, 6.45) is 0. The molecule has 0 heterocycles. The Bertz CT molecular complexity index is 344. The Morgan fingerprint density at radius 1 is 0.500 bits per heavy atom. The summed E-state index contributed by atoms with van der Waals surface area (Å²) < 4.78 is 3.02. The molecule has 0 aromatic rings. The van der Waals surface area contributed by atoms with Crippen LogP contribution in [0.15, 0.2) is 0 Å². The molecule has 0 spiro atoms. The summed E-state index contributed by atoms with van der Waals surface area (Å²) in [5.74, 6) is 0. The fourth-order valence-corrected chi connectivity index (χ4v) is 15.8. The molecule has 0 aliphatic carbocycles. The zero-order valence-electron chi connectivity index (χ0n) is 20.6. The second-order valence-electron chi connectivity index (χ2n) is 11.4. The van der Waals surface area contributed by atoms with Crippen molar-refractivity contribution in [1.82, 2.24) is 9.34 Å². The third-order valence-electron chi connectivity index (χ3n) is 4.51. The number of nitrogens with zero attached hydrogens (tertiary/aromatic N) is 2. The fourth-order valence-electron chi connectivity index (χ4n) is 4.46. The molecule has 0 aliphatic heterocycles. The van der Waals surface area contributed by atoms with Gasteiger partial charge in [-0.15, -0.1) is 0 Å². The minimum Gasteiger partial charge on any atom is -0.303 e. The van der Waals surface area contributed by atoms with Crippen LogP contribution in [0.3, 0.4) is 0 Å². The van der Waals surface area contributed by atoms with Crippen molar-refractivity contribution in [2.24, 2.45) is 0 Å². The maximum Gasteiger partial charge on any atom is 0.0191 e. The second kappa shape index (κ2) is 9.52. The Morgan fingerprint density at radius 3 is 0.962 bits per heavy atom. The first-order chi connectivity index (χ1) is 11.4. The lowest BCUT2D eigenvalue weighted by Gasteiger charge is -2.57. The summed E-state index contributed by atoms with van der Waals surface area (Å²) in [5, 5.41) is 1.25. The molecule has 0 bridgehead atoms. The van der Waals surface area contributed by atoms with Gasteiger partial charge in [-0.3, -0.25) is 4.44 Å². The van der Waals surface area contributed by atoms with Gasteiger partial charge in [0.15, 0.2) is 0 Å². The van der Waals surface area contributed by atoms with Crippen LogP contribution >= 0.6 is 16.1 Å². The Hall–Kier alpha value is 0.780. The number of hydrogen-bond acceptors (Lipinski definition) is 2. The highest BCUT2D eigenvalue weighted by Crippen LogP contribution is 2.75. The number of rotatable bonds is 7. The molecule has 0 amide bonds. The molecule has 0 atom stereocenters. The van der Waals surface area contributed by atoms with Crippen molar-refractivity contribution in [3.05, 3.63) is 0 Å². The standard InChI is InChI=1S/C22H50N2P2/c1-15-23(16-2)17-18-24(25(19(3,4)5)20(6,7)8)26(21(9,10)11)22(12,13)14/h15-18H2,1-14H3. The topological polar surface area (TPSA) is 6.48 Å². The average Bonchev–Trinajstić information content (AvgIpc) is 2.32. The van der Waals surface area contributed by atoms with Crippen LogP contribution in [0.1, 0.15) is 96.9 Å². The van der Waals surface area contributed by atoms with Gasteiger partial charge in [-0.05, 0) is 49.9 Å². The maximum absolute atomic E-state index is 3.02. The zero-order chi connectivity index (χ0) is 21.1. The van der Waals surface area contributed by atoms with Gasteiger partial charge in [-0.2, -0.15) is 0 Å². The van der Waals surface area contributed by atoms with Gasteiger partial charge in [0, 0.05) is 13.1 Å². The zero-order valence-corrected chi connectivity index (χ0v) is 22.4. The van der Waals surface area contributed by atoms with Crippen molar-refractivity contribution in [1.29, 1.82) is 0 Å². The van der Waals surface area contributed by atoms with Crippen LogP contribution in [-0.4, -0.2) is 56.1 Å². The first-order valence-electron chi connectivity index (χ1n) is 10.5. The third kappa shape index (κ3) is 8.03. The summed E-state index contributed by atoms with van der Waals surface area (Å²) in [6.45, 7) is 38.8. The molecule has 158 valence electrons. The van der Waals surface area contributed by atoms with Gasteiger partial charge >= 0.3 is 0 Å². The van der Waals surface area contributed by atoms with Crippen LogP contribution in [0.4, 0.5) is 0 Å². The average molecular weight is 405 g/mol. The van der Waals surface area contributed by atoms with Crippen molar-refractivity contribution in [3.8, 4) is 0 Å². The highest BCUT2D eigenvalue weighted by atomic mass is 31.2. The van der Waals surface area contributed by atoms with Crippen molar-refractivity contribution in [2.75, 3.05) is 26.2 Å². The monoisotopic (exact) mass is 404 g/mol. The molecule has 0 unspecified atom stereocenters. The molecule has 0 fully saturated rings. The lowest BCUT2D eigenvalue weighted by atomic mass is 10.2. The molecule has 0 aliphatic rings. The largest absolute Gasteiger partial charge is 0.303 e. The molecule has 0 rings (SSSR count). The maximum atomic E-state index is 3.02. The molecule has 0 saturated heterocycles. The van der Waals surface area contributed by atoms with Gasteiger partial charge in [0.05, 0.1) is 0 Å². The van der Waals surface area contributed by atoms with E-state index in [1.165, 1.54) is 13.1 Å².